The van der Waals surface area contributed by atoms with Crippen LogP contribution >= 0.6 is 0 Å². The zero-order valence-corrected chi connectivity index (χ0v) is 17.3. The number of aromatic nitrogens is 1. The normalized spacial score (nSPS) is 22.4. The second-order valence-corrected chi connectivity index (χ2v) is 8.20. The highest BCUT2D eigenvalue weighted by Crippen LogP contribution is 2.41. The highest BCUT2D eigenvalue weighted by Gasteiger charge is 2.40. The first kappa shape index (κ1) is 19.2. The van der Waals surface area contributed by atoms with E-state index < -0.39 is 0 Å². The molecule has 6 nitrogen and oxygen atoms in total. The van der Waals surface area contributed by atoms with E-state index in [1.54, 1.807) is 0 Å². The lowest BCUT2D eigenvalue weighted by Gasteiger charge is -2.44. The van der Waals surface area contributed by atoms with E-state index in [1.807, 2.05) is 31.2 Å². The predicted molar refractivity (Wildman–Crippen MR) is 118 cm³/mol. The van der Waals surface area contributed by atoms with Crippen LogP contribution in [0.25, 0.3) is 10.9 Å². The molecule has 2 N–H and O–H groups in total. The molecule has 0 saturated heterocycles. The molecule has 6 heteroatoms. The Kier molecular flexibility index (Phi) is 4.97. The van der Waals surface area contributed by atoms with E-state index in [9.17, 15) is 0 Å². The van der Waals surface area contributed by atoms with Crippen molar-refractivity contribution in [2.24, 2.45) is 5.73 Å². The molecular weight excluding hydrogens is 378 g/mol. The van der Waals surface area contributed by atoms with Crippen molar-refractivity contribution in [2.75, 3.05) is 39.4 Å². The van der Waals surface area contributed by atoms with Gasteiger partial charge in [0.15, 0.2) is 29.0 Å². The van der Waals surface area contributed by atoms with Crippen LogP contribution in [0.4, 0.5) is 5.69 Å². The first-order valence-corrected chi connectivity index (χ1v) is 10.7. The minimum atomic E-state index is -0.0617. The fourth-order valence-corrected chi connectivity index (χ4v) is 4.69. The van der Waals surface area contributed by atoms with Crippen molar-refractivity contribution >= 4 is 16.6 Å². The smallest absolute Gasteiger partial charge is 0.182 e. The molecule has 0 aliphatic carbocycles. The molecule has 0 radical (unpaired) electrons. The molecular formula is C24H28N3O3+. The maximum Gasteiger partial charge on any atom is 0.182 e. The third kappa shape index (κ3) is 3.36. The third-order valence-corrected chi connectivity index (χ3v) is 6.13. The number of nitrogens with zero attached hydrogens (tertiary/aromatic N) is 2. The van der Waals surface area contributed by atoms with Crippen LogP contribution in [0.2, 0.25) is 0 Å². The molecule has 3 aromatic rings. The number of ether oxygens (including phenoxy) is 3. The van der Waals surface area contributed by atoms with Crippen LogP contribution in [-0.2, 0) is 0 Å². The first-order valence-electron chi connectivity index (χ1n) is 10.7. The second-order valence-electron chi connectivity index (χ2n) is 8.20. The van der Waals surface area contributed by atoms with Gasteiger partial charge in [-0.2, -0.15) is 0 Å². The fraction of sp³-hybridized carbons (Fsp3) is 0.375. The van der Waals surface area contributed by atoms with Gasteiger partial charge in [0.1, 0.15) is 26.3 Å². The van der Waals surface area contributed by atoms with Gasteiger partial charge in [0.25, 0.3) is 0 Å². The molecule has 1 aromatic heterocycles. The van der Waals surface area contributed by atoms with Gasteiger partial charge in [0.05, 0.1) is 12.1 Å². The number of fused-ring (bicyclic) bond motifs is 4. The Labute approximate surface area is 176 Å². The zero-order chi connectivity index (χ0) is 20.6. The standard InChI is InChI=1S/C24H28N3O3/c1-17-7-8-19-20(26-17)9-10-23-24(19)30-18(16-29-23)15-27(12-4-11-25)13-14-28-22-6-3-2-5-21(22)27/h2-3,5-10,18H,4,11-16,25H2,1H3/q+1/t18-,27?/m0/s1. The summed E-state index contributed by atoms with van der Waals surface area (Å²) in [5.41, 5.74) is 9.03. The molecule has 0 saturated carbocycles. The van der Waals surface area contributed by atoms with Gasteiger partial charge >= 0.3 is 0 Å². The summed E-state index contributed by atoms with van der Waals surface area (Å²) in [5.74, 6) is 2.55. The van der Waals surface area contributed by atoms with Crippen LogP contribution in [-0.4, -0.2) is 50.5 Å². The highest BCUT2D eigenvalue weighted by molar-refractivity contribution is 5.88. The SMILES string of the molecule is Cc1ccc2c3c(ccc2n1)OC[C@H](C[N+]1(CCCN)CCOc2ccccc21)O3. The molecule has 3 heterocycles. The topological polar surface area (TPSA) is 66.6 Å². The number of quaternary nitrogens is 1. The molecule has 1 unspecified atom stereocenters. The number of hydrogen-bond donors (Lipinski definition) is 1. The van der Waals surface area contributed by atoms with Crippen molar-refractivity contribution in [1.82, 2.24) is 9.47 Å². The summed E-state index contributed by atoms with van der Waals surface area (Å²) in [4.78, 5) is 4.64. The summed E-state index contributed by atoms with van der Waals surface area (Å²) in [5, 5.41) is 0.999. The quantitative estimate of drug-likeness (QED) is 0.658. The van der Waals surface area contributed by atoms with E-state index in [4.69, 9.17) is 19.9 Å². The van der Waals surface area contributed by atoms with Crippen LogP contribution in [0, 0.1) is 6.92 Å². The zero-order valence-electron chi connectivity index (χ0n) is 17.3. The monoisotopic (exact) mass is 406 g/mol. The Morgan fingerprint density at radius 2 is 1.97 bits per heavy atom. The van der Waals surface area contributed by atoms with Gasteiger partial charge in [-0.25, -0.2) is 0 Å². The second kappa shape index (κ2) is 7.78. The number of benzene rings is 2. The summed E-state index contributed by atoms with van der Waals surface area (Å²) < 4.78 is 19.4. The van der Waals surface area contributed by atoms with E-state index in [0.717, 1.165) is 64.4 Å². The van der Waals surface area contributed by atoms with Crippen LogP contribution in [0.3, 0.4) is 0 Å². The van der Waals surface area contributed by atoms with Gasteiger partial charge in [0.2, 0.25) is 0 Å². The van der Waals surface area contributed by atoms with Crippen LogP contribution in [0.5, 0.6) is 17.2 Å². The Bertz CT molecular complexity index is 1070. The molecule has 5 rings (SSSR count). The summed E-state index contributed by atoms with van der Waals surface area (Å²) in [6.07, 6.45) is 0.887. The van der Waals surface area contributed by atoms with Crippen molar-refractivity contribution in [1.29, 1.82) is 0 Å². The summed E-state index contributed by atoms with van der Waals surface area (Å²) in [6, 6.07) is 16.4. The van der Waals surface area contributed by atoms with Gasteiger partial charge in [-0.3, -0.25) is 9.47 Å². The number of para-hydroxylation sites is 2. The van der Waals surface area contributed by atoms with E-state index >= 15 is 0 Å². The van der Waals surface area contributed by atoms with Crippen molar-refractivity contribution in [3.05, 3.63) is 54.2 Å². The van der Waals surface area contributed by atoms with E-state index in [-0.39, 0.29) is 6.10 Å². The minimum Gasteiger partial charge on any atom is -0.486 e. The van der Waals surface area contributed by atoms with Crippen LogP contribution in [0.1, 0.15) is 12.1 Å². The summed E-state index contributed by atoms with van der Waals surface area (Å²) >= 11 is 0. The maximum absolute atomic E-state index is 6.56. The molecule has 0 fully saturated rings. The van der Waals surface area contributed by atoms with Gasteiger partial charge in [0, 0.05) is 23.6 Å². The first-order chi connectivity index (χ1) is 14.7. The lowest BCUT2D eigenvalue weighted by atomic mass is 10.1. The van der Waals surface area contributed by atoms with Gasteiger partial charge in [-0.15, -0.1) is 0 Å². The predicted octanol–water partition coefficient (Wildman–Crippen LogP) is 3.43. The number of rotatable bonds is 5. The van der Waals surface area contributed by atoms with Crippen molar-refractivity contribution < 1.29 is 14.2 Å². The highest BCUT2D eigenvalue weighted by atomic mass is 16.6. The maximum atomic E-state index is 6.56. The Morgan fingerprint density at radius 1 is 1.07 bits per heavy atom. The van der Waals surface area contributed by atoms with Crippen LogP contribution in [0.15, 0.2) is 48.5 Å². The number of pyridine rings is 1. The average molecular weight is 407 g/mol. The molecule has 2 atom stereocenters. The van der Waals surface area contributed by atoms with Gasteiger partial charge in [-0.1, -0.05) is 12.1 Å². The molecule has 2 aliphatic rings. The van der Waals surface area contributed by atoms with E-state index in [1.165, 1.54) is 5.69 Å². The number of nitrogens with two attached hydrogens (primary N) is 1. The molecule has 2 aliphatic heterocycles. The lowest BCUT2D eigenvalue weighted by molar-refractivity contribution is 0.0517. The Morgan fingerprint density at radius 3 is 2.87 bits per heavy atom. The summed E-state index contributed by atoms with van der Waals surface area (Å²) in [7, 11) is 0. The average Bonchev–Trinajstić information content (AvgIpc) is 2.77. The fourth-order valence-electron chi connectivity index (χ4n) is 4.69. The van der Waals surface area contributed by atoms with Crippen molar-refractivity contribution in [2.45, 2.75) is 19.4 Å². The van der Waals surface area contributed by atoms with Gasteiger partial charge in [-0.05, 0) is 43.8 Å². The Hall–Kier alpha value is -2.83. The number of aryl methyl sites for hydroxylation is 1. The van der Waals surface area contributed by atoms with Crippen molar-refractivity contribution in [3.63, 3.8) is 0 Å². The molecule has 156 valence electrons. The van der Waals surface area contributed by atoms with Crippen LogP contribution < -0.4 is 24.4 Å². The number of hydrogen-bond acceptors (Lipinski definition) is 5. The molecule has 0 bridgehead atoms. The lowest BCUT2D eigenvalue weighted by Crippen LogP contribution is -2.60. The third-order valence-electron chi connectivity index (χ3n) is 6.13. The minimum absolute atomic E-state index is 0.0617. The molecule has 30 heavy (non-hydrogen) atoms. The molecule has 2 aromatic carbocycles. The molecule has 0 spiro atoms. The Balaban J connectivity index is 1.48. The van der Waals surface area contributed by atoms with Crippen molar-refractivity contribution in [3.8, 4) is 17.2 Å². The van der Waals surface area contributed by atoms with E-state index in [0.29, 0.717) is 19.8 Å². The summed E-state index contributed by atoms with van der Waals surface area (Å²) in [6.45, 7) is 6.57. The molecule has 0 amide bonds. The largest absolute Gasteiger partial charge is 0.486 e. The van der Waals surface area contributed by atoms with E-state index in [2.05, 4.69) is 29.2 Å². The van der Waals surface area contributed by atoms with Gasteiger partial charge < -0.3 is 19.9 Å².